The van der Waals surface area contributed by atoms with E-state index in [0.29, 0.717) is 11.8 Å². The molecule has 4 fully saturated rings. The lowest BCUT2D eigenvalue weighted by molar-refractivity contribution is -0.658. The quantitative estimate of drug-likeness (QED) is 0.479. The van der Waals surface area contributed by atoms with Gasteiger partial charge in [-0.15, -0.1) is 0 Å². The van der Waals surface area contributed by atoms with E-state index in [-0.39, 0.29) is 34.8 Å². The standard InChI is InChI=1S/C23H30FNO3/c1-22-8-2-9-23(14-27-23)20(22)11-17-18(21(26)28-19(17)12-22)13-25-10-7-15-3-5-16(24)6-4-15/h3-6,17-20,25H,2,7-14H2,1H3/p+1/t17-,18-,19-,20-,22-,23+/m1/s1. The van der Waals surface area contributed by atoms with Crippen molar-refractivity contribution in [2.24, 2.45) is 23.2 Å². The second-order valence-corrected chi connectivity index (χ2v) is 9.79. The molecule has 28 heavy (non-hydrogen) atoms. The van der Waals surface area contributed by atoms with Crippen LogP contribution in [0.25, 0.3) is 0 Å². The van der Waals surface area contributed by atoms with Gasteiger partial charge in [0, 0.05) is 12.3 Å². The van der Waals surface area contributed by atoms with Crippen LogP contribution >= 0.6 is 0 Å². The van der Waals surface area contributed by atoms with E-state index in [9.17, 15) is 9.18 Å². The number of rotatable bonds is 5. The molecule has 0 unspecified atom stereocenters. The van der Waals surface area contributed by atoms with Crippen LogP contribution in [0.3, 0.4) is 0 Å². The van der Waals surface area contributed by atoms with E-state index in [4.69, 9.17) is 9.47 Å². The van der Waals surface area contributed by atoms with E-state index >= 15 is 0 Å². The van der Waals surface area contributed by atoms with E-state index in [1.807, 2.05) is 12.1 Å². The van der Waals surface area contributed by atoms with Gasteiger partial charge in [-0.05, 0) is 61.1 Å². The molecule has 2 N–H and O–H groups in total. The van der Waals surface area contributed by atoms with Crippen LogP contribution in [-0.2, 0) is 20.7 Å². The summed E-state index contributed by atoms with van der Waals surface area (Å²) < 4.78 is 24.9. The van der Waals surface area contributed by atoms with Crippen molar-refractivity contribution >= 4 is 5.97 Å². The maximum Gasteiger partial charge on any atom is 0.315 e. The predicted octanol–water partition coefficient (Wildman–Crippen LogP) is 2.46. The highest BCUT2D eigenvalue weighted by molar-refractivity contribution is 5.75. The van der Waals surface area contributed by atoms with Gasteiger partial charge in [0.2, 0.25) is 0 Å². The first-order valence-electron chi connectivity index (χ1n) is 10.9. The lowest BCUT2D eigenvalue weighted by Crippen LogP contribution is -2.86. The summed E-state index contributed by atoms with van der Waals surface area (Å²) in [6, 6.07) is 6.69. The van der Waals surface area contributed by atoms with Gasteiger partial charge in [-0.25, -0.2) is 4.39 Å². The fourth-order valence-corrected chi connectivity index (χ4v) is 6.44. The van der Waals surface area contributed by atoms with Crippen LogP contribution in [0.5, 0.6) is 0 Å². The van der Waals surface area contributed by atoms with Crippen molar-refractivity contribution in [1.29, 1.82) is 0 Å². The monoisotopic (exact) mass is 388 g/mol. The number of epoxide rings is 1. The highest BCUT2D eigenvalue weighted by Gasteiger charge is 2.65. The maximum atomic E-state index is 13.0. The molecule has 2 aliphatic heterocycles. The number of esters is 1. The Morgan fingerprint density at radius 3 is 2.79 bits per heavy atom. The van der Waals surface area contributed by atoms with Gasteiger partial charge >= 0.3 is 5.97 Å². The summed E-state index contributed by atoms with van der Waals surface area (Å²) in [4.78, 5) is 12.6. The molecule has 0 radical (unpaired) electrons. The number of nitrogens with two attached hydrogens (primary N) is 1. The minimum Gasteiger partial charge on any atom is -0.462 e. The molecule has 4 aliphatic rings. The normalized spacial score (nSPS) is 41.4. The Balaban J connectivity index is 1.20. The summed E-state index contributed by atoms with van der Waals surface area (Å²) in [6.45, 7) is 5.00. The summed E-state index contributed by atoms with van der Waals surface area (Å²) in [5.74, 6) is 0.719. The number of quaternary nitrogens is 1. The molecule has 2 heterocycles. The van der Waals surface area contributed by atoms with Crippen LogP contribution in [0.1, 0.15) is 44.6 Å². The molecule has 5 heteroatoms. The third kappa shape index (κ3) is 3.17. The summed E-state index contributed by atoms with van der Waals surface area (Å²) in [6.07, 6.45) is 6.71. The van der Waals surface area contributed by atoms with Crippen LogP contribution in [-0.4, -0.2) is 37.4 Å². The first-order chi connectivity index (χ1) is 13.5. The Labute approximate surface area is 166 Å². The fourth-order valence-electron chi connectivity index (χ4n) is 6.44. The molecule has 4 nitrogen and oxygen atoms in total. The highest BCUT2D eigenvalue weighted by Crippen LogP contribution is 2.62. The van der Waals surface area contributed by atoms with Gasteiger partial charge in [0.25, 0.3) is 0 Å². The molecule has 0 amide bonds. The smallest absolute Gasteiger partial charge is 0.315 e. The minimum absolute atomic E-state index is 0.000458. The molecular formula is C23H31FNO3+. The van der Waals surface area contributed by atoms with Gasteiger partial charge in [-0.3, -0.25) is 4.79 Å². The summed E-state index contributed by atoms with van der Waals surface area (Å²) in [5, 5.41) is 2.23. The van der Waals surface area contributed by atoms with Gasteiger partial charge in [0.15, 0.2) is 0 Å². The zero-order valence-corrected chi connectivity index (χ0v) is 16.7. The number of ether oxygens (including phenoxy) is 2. The fraction of sp³-hybridized carbons (Fsp3) is 0.696. The molecule has 0 bridgehead atoms. The van der Waals surface area contributed by atoms with E-state index < -0.39 is 0 Å². The van der Waals surface area contributed by atoms with Gasteiger partial charge < -0.3 is 14.8 Å². The van der Waals surface area contributed by atoms with Crippen molar-refractivity contribution in [3.8, 4) is 0 Å². The van der Waals surface area contributed by atoms with Gasteiger partial charge in [0.1, 0.15) is 17.8 Å². The number of carbonyl (C=O) groups excluding carboxylic acids is 1. The van der Waals surface area contributed by atoms with E-state index in [1.54, 1.807) is 0 Å². The summed E-state index contributed by atoms with van der Waals surface area (Å²) in [7, 11) is 0. The molecule has 5 rings (SSSR count). The average Bonchev–Trinajstić information content (AvgIpc) is 3.36. The molecule has 0 aromatic heterocycles. The molecule has 6 atom stereocenters. The molecule has 2 saturated heterocycles. The second-order valence-electron chi connectivity index (χ2n) is 9.79. The second kappa shape index (κ2) is 6.81. The van der Waals surface area contributed by atoms with E-state index in [2.05, 4.69) is 12.2 Å². The van der Waals surface area contributed by atoms with E-state index in [0.717, 1.165) is 44.5 Å². The van der Waals surface area contributed by atoms with E-state index in [1.165, 1.54) is 31.4 Å². The first kappa shape index (κ1) is 18.6. The van der Waals surface area contributed by atoms with Crippen LogP contribution in [0.2, 0.25) is 0 Å². The lowest BCUT2D eigenvalue weighted by Gasteiger charge is -2.51. The molecular weight excluding hydrogens is 357 g/mol. The minimum atomic E-state index is -0.197. The predicted molar refractivity (Wildman–Crippen MR) is 102 cm³/mol. The number of halogens is 1. The van der Waals surface area contributed by atoms with Crippen molar-refractivity contribution < 1.29 is 24.0 Å². The van der Waals surface area contributed by atoms with Crippen LogP contribution in [0.15, 0.2) is 24.3 Å². The zero-order valence-electron chi connectivity index (χ0n) is 16.7. The van der Waals surface area contributed by atoms with Crippen molar-refractivity contribution in [2.45, 2.75) is 57.2 Å². The number of hydrogen-bond donors (Lipinski definition) is 1. The maximum absolute atomic E-state index is 13.0. The average molecular weight is 389 g/mol. The third-order valence-corrected chi connectivity index (χ3v) is 8.05. The van der Waals surface area contributed by atoms with Crippen LogP contribution in [0, 0.1) is 29.0 Å². The van der Waals surface area contributed by atoms with Crippen molar-refractivity contribution in [3.63, 3.8) is 0 Å². The molecule has 152 valence electrons. The third-order valence-electron chi connectivity index (χ3n) is 8.05. The highest BCUT2D eigenvalue weighted by atomic mass is 19.1. The number of carbonyl (C=O) groups is 1. The zero-order chi connectivity index (χ0) is 19.4. The topological polar surface area (TPSA) is 55.4 Å². The Kier molecular flexibility index (Phi) is 4.51. The van der Waals surface area contributed by atoms with Crippen LogP contribution in [0.4, 0.5) is 4.39 Å². The molecule has 2 saturated carbocycles. The Morgan fingerprint density at radius 2 is 2.04 bits per heavy atom. The van der Waals surface area contributed by atoms with Crippen molar-refractivity contribution in [1.82, 2.24) is 0 Å². The van der Waals surface area contributed by atoms with Crippen molar-refractivity contribution in [3.05, 3.63) is 35.6 Å². The lowest BCUT2D eigenvalue weighted by atomic mass is 9.53. The van der Waals surface area contributed by atoms with Gasteiger partial charge in [-0.2, -0.15) is 0 Å². The Morgan fingerprint density at radius 1 is 1.25 bits per heavy atom. The largest absolute Gasteiger partial charge is 0.462 e. The Bertz CT molecular complexity index is 747. The number of fused-ring (bicyclic) bond motifs is 3. The number of hydrogen-bond acceptors (Lipinski definition) is 3. The van der Waals surface area contributed by atoms with Gasteiger partial charge in [0.05, 0.1) is 25.3 Å². The first-order valence-corrected chi connectivity index (χ1v) is 10.9. The van der Waals surface area contributed by atoms with Gasteiger partial charge in [-0.1, -0.05) is 19.1 Å². The molecule has 1 aromatic rings. The summed E-state index contributed by atoms with van der Waals surface area (Å²) >= 11 is 0. The number of benzene rings is 1. The Hall–Kier alpha value is -1.46. The summed E-state index contributed by atoms with van der Waals surface area (Å²) in [5.41, 5.74) is 1.51. The SMILES string of the molecule is C[C@]12CCC[C@]3(CO3)[C@@H]1C[C@H]1[C@@H](C2)OC(=O)[C@@H]1C[NH2+]CCc1ccc(F)cc1. The molecule has 1 aromatic carbocycles. The molecule has 2 aliphatic carbocycles. The molecule has 1 spiro atoms. The van der Waals surface area contributed by atoms with Crippen LogP contribution < -0.4 is 5.32 Å². The van der Waals surface area contributed by atoms with Crippen molar-refractivity contribution in [2.75, 3.05) is 19.7 Å².